The maximum Gasteiger partial charge on any atom is 0.207 e. The Labute approximate surface area is 228 Å². The second kappa shape index (κ2) is 11.6. The lowest BCUT2D eigenvalue weighted by molar-refractivity contribution is 0.262. The molecule has 0 aliphatic heterocycles. The van der Waals surface area contributed by atoms with Crippen LogP contribution in [0.4, 0.5) is 35.1 Å². The summed E-state index contributed by atoms with van der Waals surface area (Å²) in [4.78, 5) is -1.18. The smallest absolute Gasteiger partial charge is 0.207 e. The molecule has 0 amide bonds. The van der Waals surface area contributed by atoms with Gasteiger partial charge in [-0.05, 0) is 23.3 Å². The lowest BCUT2D eigenvalue weighted by Crippen LogP contribution is -2.13. The Morgan fingerprint density at radius 1 is 0.463 bits per heavy atom. The average molecular weight is 602 g/mol. The molecule has 4 rings (SSSR count). The van der Waals surface area contributed by atoms with Crippen LogP contribution in [0.15, 0.2) is 58.3 Å². The number of hydrogen-bond acceptors (Lipinski definition) is 4. The molecule has 0 spiro atoms. The monoisotopic (exact) mass is 602 g/mol. The molecule has 216 valence electrons. The van der Waals surface area contributed by atoms with Crippen molar-refractivity contribution in [1.82, 2.24) is 0 Å². The highest BCUT2D eigenvalue weighted by Crippen LogP contribution is 2.33. The fourth-order valence-electron chi connectivity index (χ4n) is 4.36. The molecule has 41 heavy (non-hydrogen) atoms. The minimum atomic E-state index is -4.70. The van der Waals surface area contributed by atoms with Gasteiger partial charge in [0.05, 0.1) is 34.1 Å². The van der Waals surface area contributed by atoms with Crippen molar-refractivity contribution < 1.29 is 53.8 Å². The van der Waals surface area contributed by atoms with Gasteiger partial charge in [-0.3, -0.25) is 0 Å². The standard InChI is InChI=1S/C28H18F8O4S/c29-21-15(22(30)26(34)17(11-37)25(21)33)9-13-5-1-3-7-19(13)41(39,40)20-8-4-2-6-14(20)10-16-23(31)27(35)18(12-38)28(36)24(16)32/h1-8,37-38H,9-12H2. The van der Waals surface area contributed by atoms with Gasteiger partial charge in [-0.15, -0.1) is 0 Å². The zero-order valence-electron chi connectivity index (χ0n) is 20.6. The Kier molecular flexibility index (Phi) is 8.52. The summed E-state index contributed by atoms with van der Waals surface area (Å²) in [5, 5.41) is 18.1. The van der Waals surface area contributed by atoms with E-state index in [1.54, 1.807) is 0 Å². The van der Waals surface area contributed by atoms with E-state index in [-0.39, 0.29) is 11.1 Å². The van der Waals surface area contributed by atoms with Crippen molar-refractivity contribution in [1.29, 1.82) is 0 Å². The van der Waals surface area contributed by atoms with E-state index in [1.165, 1.54) is 24.3 Å². The van der Waals surface area contributed by atoms with Gasteiger partial charge in [0.25, 0.3) is 0 Å². The normalized spacial score (nSPS) is 11.8. The Hall–Kier alpha value is -3.81. The first-order chi connectivity index (χ1) is 19.4. The highest BCUT2D eigenvalue weighted by molar-refractivity contribution is 7.91. The molecule has 0 aliphatic rings. The molecule has 2 N–H and O–H groups in total. The largest absolute Gasteiger partial charge is 0.391 e. The van der Waals surface area contributed by atoms with E-state index in [0.29, 0.717) is 0 Å². The van der Waals surface area contributed by atoms with Crippen molar-refractivity contribution in [3.8, 4) is 0 Å². The molecule has 0 unspecified atom stereocenters. The van der Waals surface area contributed by atoms with Gasteiger partial charge in [0.15, 0.2) is 46.5 Å². The third-order valence-corrected chi connectivity index (χ3v) is 8.42. The molecule has 13 heteroatoms. The van der Waals surface area contributed by atoms with Gasteiger partial charge in [-0.25, -0.2) is 43.5 Å². The number of rotatable bonds is 8. The Bertz CT molecular complexity index is 1590. The molecule has 4 nitrogen and oxygen atoms in total. The van der Waals surface area contributed by atoms with E-state index in [1.807, 2.05) is 0 Å². The number of halogens is 8. The summed E-state index contributed by atoms with van der Waals surface area (Å²) in [6, 6.07) is 9.29. The fourth-order valence-corrected chi connectivity index (χ4v) is 6.08. The van der Waals surface area contributed by atoms with Crippen molar-refractivity contribution in [3.63, 3.8) is 0 Å². The van der Waals surface area contributed by atoms with E-state index < -0.39 is 114 Å². The van der Waals surface area contributed by atoms with Crippen molar-refractivity contribution in [2.75, 3.05) is 0 Å². The van der Waals surface area contributed by atoms with Crippen LogP contribution in [0.3, 0.4) is 0 Å². The van der Waals surface area contributed by atoms with Crippen LogP contribution in [0.2, 0.25) is 0 Å². The molecule has 0 radical (unpaired) electrons. The number of benzene rings is 4. The molecule has 0 aliphatic carbocycles. The molecule has 4 aromatic rings. The number of hydrogen-bond donors (Lipinski definition) is 2. The highest BCUT2D eigenvalue weighted by atomic mass is 32.2. The quantitative estimate of drug-likeness (QED) is 0.198. The Morgan fingerprint density at radius 3 is 1.02 bits per heavy atom. The zero-order valence-corrected chi connectivity index (χ0v) is 21.4. The predicted molar refractivity (Wildman–Crippen MR) is 128 cm³/mol. The van der Waals surface area contributed by atoms with Gasteiger partial charge < -0.3 is 10.2 Å². The van der Waals surface area contributed by atoms with Crippen LogP contribution in [0, 0.1) is 46.5 Å². The summed E-state index contributed by atoms with van der Waals surface area (Å²) >= 11 is 0. The van der Waals surface area contributed by atoms with Gasteiger partial charge >= 0.3 is 0 Å². The van der Waals surface area contributed by atoms with Gasteiger partial charge in [-0.1, -0.05) is 36.4 Å². The van der Waals surface area contributed by atoms with Crippen molar-refractivity contribution in [2.24, 2.45) is 0 Å². The van der Waals surface area contributed by atoms with Gasteiger partial charge in [0.2, 0.25) is 9.84 Å². The minimum absolute atomic E-state index is 0.322. The summed E-state index contributed by atoms with van der Waals surface area (Å²) in [6.07, 6.45) is -1.92. The van der Waals surface area contributed by atoms with Crippen molar-refractivity contribution in [3.05, 3.63) is 128 Å². The first kappa shape index (κ1) is 30.2. The molecule has 0 bridgehead atoms. The molecule has 0 fully saturated rings. The lowest BCUT2D eigenvalue weighted by atomic mass is 10.0. The maximum absolute atomic E-state index is 14.6. The Morgan fingerprint density at radius 2 is 0.732 bits per heavy atom. The summed E-state index contributed by atoms with van der Waals surface area (Å²) in [5.74, 6) is -14.8. The minimum Gasteiger partial charge on any atom is -0.391 e. The number of sulfone groups is 1. The first-order valence-electron chi connectivity index (χ1n) is 11.7. The first-order valence-corrected chi connectivity index (χ1v) is 13.1. The molecular weight excluding hydrogens is 584 g/mol. The molecule has 4 aromatic carbocycles. The van der Waals surface area contributed by atoms with Crippen LogP contribution in [0.5, 0.6) is 0 Å². The average Bonchev–Trinajstić information content (AvgIpc) is 2.96. The van der Waals surface area contributed by atoms with Crippen LogP contribution < -0.4 is 0 Å². The highest BCUT2D eigenvalue weighted by Gasteiger charge is 2.30. The second-order valence-corrected chi connectivity index (χ2v) is 10.7. The third-order valence-electron chi connectivity index (χ3n) is 6.47. The topological polar surface area (TPSA) is 74.6 Å². The number of aliphatic hydroxyl groups excluding tert-OH is 2. The van der Waals surface area contributed by atoms with Crippen LogP contribution in [0.25, 0.3) is 0 Å². The van der Waals surface area contributed by atoms with E-state index in [4.69, 9.17) is 10.2 Å². The summed E-state index contributed by atoms with van der Waals surface area (Å²) in [5.41, 5.74) is -5.47. The molecule has 0 aromatic heterocycles. The molecule has 0 saturated heterocycles. The Balaban J connectivity index is 1.84. The van der Waals surface area contributed by atoms with Crippen molar-refractivity contribution in [2.45, 2.75) is 35.8 Å². The summed E-state index contributed by atoms with van der Waals surface area (Å²) in [6.45, 7) is -2.68. The van der Waals surface area contributed by atoms with Crippen LogP contribution in [-0.4, -0.2) is 18.6 Å². The maximum atomic E-state index is 14.6. The SMILES string of the molecule is O=S(=O)(c1ccccc1Cc1c(F)c(F)c(CO)c(F)c1F)c1ccccc1Cc1c(F)c(F)c(CO)c(F)c1F. The lowest BCUT2D eigenvalue weighted by Gasteiger charge is -2.16. The van der Waals surface area contributed by atoms with E-state index >= 15 is 0 Å². The fraction of sp³-hybridized carbons (Fsp3) is 0.143. The van der Waals surface area contributed by atoms with Gasteiger partial charge in [0.1, 0.15) is 0 Å². The third kappa shape index (κ3) is 5.20. The molecule has 0 heterocycles. The molecule has 0 saturated carbocycles. The summed E-state index contributed by atoms with van der Waals surface area (Å²) in [7, 11) is -4.70. The van der Waals surface area contributed by atoms with Crippen LogP contribution in [-0.2, 0) is 35.9 Å². The van der Waals surface area contributed by atoms with E-state index in [2.05, 4.69) is 0 Å². The second-order valence-electron chi connectivity index (χ2n) is 8.81. The molecule has 0 atom stereocenters. The van der Waals surface area contributed by atoms with E-state index in [9.17, 15) is 43.5 Å². The predicted octanol–water partition coefficient (Wildman–Crippen LogP) is 5.80. The summed E-state index contributed by atoms with van der Waals surface area (Å²) < 4.78 is 143. The molecular formula is C28H18F8O4S. The van der Waals surface area contributed by atoms with Crippen LogP contribution >= 0.6 is 0 Å². The van der Waals surface area contributed by atoms with E-state index in [0.717, 1.165) is 24.3 Å². The van der Waals surface area contributed by atoms with Gasteiger partial charge in [0, 0.05) is 24.0 Å². The van der Waals surface area contributed by atoms with Gasteiger partial charge in [-0.2, -0.15) is 0 Å². The number of aliphatic hydroxyl groups is 2. The van der Waals surface area contributed by atoms with Crippen LogP contribution in [0.1, 0.15) is 33.4 Å². The zero-order chi connectivity index (χ0) is 30.2. The van der Waals surface area contributed by atoms with Crippen molar-refractivity contribution >= 4 is 9.84 Å².